The summed E-state index contributed by atoms with van der Waals surface area (Å²) in [5, 5.41) is 4.81. The summed E-state index contributed by atoms with van der Waals surface area (Å²) in [6, 6.07) is 21.6. The average Bonchev–Trinajstić information content (AvgIpc) is 3.63. The zero-order chi connectivity index (χ0) is 25.5. The molecule has 188 valence electrons. The molecule has 1 saturated heterocycles. The molecule has 3 heterocycles. The number of hydrogen-bond acceptors (Lipinski definition) is 5. The fraction of sp³-hybridized carbons (Fsp3) is 0.233. The summed E-state index contributed by atoms with van der Waals surface area (Å²) < 4.78 is 13.0. The van der Waals surface area contributed by atoms with Crippen molar-refractivity contribution in [3.8, 4) is 22.7 Å². The van der Waals surface area contributed by atoms with E-state index in [1.54, 1.807) is 25.6 Å². The maximum Gasteiger partial charge on any atom is 0.246 e. The molecule has 1 amide bonds. The van der Waals surface area contributed by atoms with Gasteiger partial charge >= 0.3 is 0 Å². The molecule has 5 rings (SSSR count). The Kier molecular flexibility index (Phi) is 7.72. The second-order valence-corrected chi connectivity index (χ2v) is 8.99. The SMILES string of the molecule is COc1cccc(CN(C[C@H]2CCCO2)C(=O)/C=C/c2cn(-c3ccccc3)nc2-c2cccnc2)c1. The Morgan fingerprint density at radius 3 is 2.81 bits per heavy atom. The normalized spacial score (nSPS) is 15.2. The minimum atomic E-state index is -0.0806. The standard InChI is InChI=1S/C30H30N4O3/c1-36-27-12-5-8-23(18-27)20-33(22-28-13-7-17-37-28)29(35)15-14-25-21-34(26-10-3-2-4-11-26)32-30(25)24-9-6-16-31-19-24/h2-6,8-12,14-16,18-19,21,28H,7,13,17,20,22H2,1H3/b15-14+/t28-/m1/s1. The number of methoxy groups -OCH3 is 1. The molecule has 0 bridgehead atoms. The molecule has 37 heavy (non-hydrogen) atoms. The van der Waals surface area contributed by atoms with Crippen molar-refractivity contribution in [1.29, 1.82) is 0 Å². The molecule has 7 nitrogen and oxygen atoms in total. The smallest absolute Gasteiger partial charge is 0.246 e. The molecule has 1 fully saturated rings. The first-order valence-corrected chi connectivity index (χ1v) is 12.5. The Balaban J connectivity index is 1.43. The van der Waals surface area contributed by atoms with Gasteiger partial charge in [0.1, 0.15) is 11.4 Å². The van der Waals surface area contributed by atoms with Crippen LogP contribution in [0.4, 0.5) is 0 Å². The van der Waals surface area contributed by atoms with Crippen LogP contribution in [0.2, 0.25) is 0 Å². The van der Waals surface area contributed by atoms with E-state index in [0.717, 1.165) is 53.3 Å². The van der Waals surface area contributed by atoms with E-state index < -0.39 is 0 Å². The van der Waals surface area contributed by atoms with Gasteiger partial charge in [0.05, 0.1) is 18.9 Å². The molecule has 7 heteroatoms. The van der Waals surface area contributed by atoms with Crippen LogP contribution in [0.1, 0.15) is 24.0 Å². The number of carbonyl (C=O) groups excluding carboxylic acids is 1. The first kappa shape index (κ1) is 24.5. The molecular weight excluding hydrogens is 464 g/mol. The molecule has 1 aliphatic heterocycles. The molecule has 4 aromatic rings. The summed E-state index contributed by atoms with van der Waals surface area (Å²) in [4.78, 5) is 19.6. The third kappa shape index (κ3) is 6.13. The summed E-state index contributed by atoms with van der Waals surface area (Å²) in [5.41, 5.74) is 4.43. The quantitative estimate of drug-likeness (QED) is 0.301. The fourth-order valence-corrected chi connectivity index (χ4v) is 4.47. The first-order valence-electron chi connectivity index (χ1n) is 12.5. The third-order valence-electron chi connectivity index (χ3n) is 6.37. The van der Waals surface area contributed by atoms with Crippen molar-refractivity contribution >= 4 is 12.0 Å². The second-order valence-electron chi connectivity index (χ2n) is 8.99. The van der Waals surface area contributed by atoms with Crippen LogP contribution in [0.3, 0.4) is 0 Å². The highest BCUT2D eigenvalue weighted by atomic mass is 16.5. The molecule has 0 saturated carbocycles. The van der Waals surface area contributed by atoms with Gasteiger partial charge in [0.15, 0.2) is 0 Å². The Morgan fingerprint density at radius 2 is 2.05 bits per heavy atom. The molecular formula is C30H30N4O3. The van der Waals surface area contributed by atoms with E-state index in [2.05, 4.69) is 4.98 Å². The highest BCUT2D eigenvalue weighted by molar-refractivity contribution is 5.93. The monoisotopic (exact) mass is 494 g/mol. The minimum Gasteiger partial charge on any atom is -0.497 e. The van der Waals surface area contributed by atoms with Crippen LogP contribution in [-0.4, -0.2) is 51.9 Å². The van der Waals surface area contributed by atoms with Crippen molar-refractivity contribution in [3.05, 3.63) is 103 Å². The highest BCUT2D eigenvalue weighted by Gasteiger charge is 2.22. The Bertz CT molecular complexity index is 1350. The Hall–Kier alpha value is -4.23. The Labute approximate surface area is 217 Å². The van der Waals surface area contributed by atoms with E-state index in [1.807, 2.05) is 88.6 Å². The number of benzene rings is 2. The van der Waals surface area contributed by atoms with Crippen molar-refractivity contribution in [2.75, 3.05) is 20.3 Å². The lowest BCUT2D eigenvalue weighted by atomic mass is 10.1. The Morgan fingerprint density at radius 1 is 1.16 bits per heavy atom. The van der Waals surface area contributed by atoms with E-state index in [1.165, 1.54) is 0 Å². The lowest BCUT2D eigenvalue weighted by molar-refractivity contribution is -0.128. The third-order valence-corrected chi connectivity index (χ3v) is 6.37. The maximum atomic E-state index is 13.5. The number of rotatable bonds is 9. The van der Waals surface area contributed by atoms with Crippen LogP contribution >= 0.6 is 0 Å². The molecule has 2 aromatic carbocycles. The predicted molar refractivity (Wildman–Crippen MR) is 143 cm³/mol. The van der Waals surface area contributed by atoms with Crippen molar-refractivity contribution < 1.29 is 14.3 Å². The lowest BCUT2D eigenvalue weighted by Crippen LogP contribution is -2.35. The van der Waals surface area contributed by atoms with E-state index in [4.69, 9.17) is 14.6 Å². The van der Waals surface area contributed by atoms with Gasteiger partial charge < -0.3 is 14.4 Å². The molecule has 1 aliphatic rings. The predicted octanol–water partition coefficient (Wildman–Crippen LogP) is 5.16. The van der Waals surface area contributed by atoms with Crippen molar-refractivity contribution in [2.45, 2.75) is 25.5 Å². The molecule has 0 aliphatic carbocycles. The molecule has 0 N–H and O–H groups in total. The topological polar surface area (TPSA) is 69.5 Å². The summed E-state index contributed by atoms with van der Waals surface area (Å²) in [6.07, 6.45) is 11.0. The molecule has 0 spiro atoms. The number of hydrogen-bond donors (Lipinski definition) is 0. The zero-order valence-electron chi connectivity index (χ0n) is 20.9. The number of amides is 1. The van der Waals surface area contributed by atoms with Crippen molar-refractivity contribution in [2.24, 2.45) is 0 Å². The van der Waals surface area contributed by atoms with Crippen molar-refractivity contribution in [3.63, 3.8) is 0 Å². The first-order chi connectivity index (χ1) is 18.2. The summed E-state index contributed by atoms with van der Waals surface area (Å²) >= 11 is 0. The van der Waals surface area contributed by atoms with Gasteiger partial charge in [0.2, 0.25) is 5.91 Å². The zero-order valence-corrected chi connectivity index (χ0v) is 20.9. The minimum absolute atomic E-state index is 0.0507. The van der Waals surface area contributed by atoms with Gasteiger partial charge in [-0.2, -0.15) is 5.10 Å². The van der Waals surface area contributed by atoms with Crippen LogP contribution in [0.5, 0.6) is 5.75 Å². The number of para-hydroxylation sites is 1. The number of ether oxygens (including phenoxy) is 2. The largest absolute Gasteiger partial charge is 0.497 e. The summed E-state index contributed by atoms with van der Waals surface area (Å²) in [7, 11) is 1.65. The van der Waals surface area contributed by atoms with E-state index in [9.17, 15) is 4.79 Å². The summed E-state index contributed by atoms with van der Waals surface area (Å²) in [6.45, 7) is 1.76. The van der Waals surface area contributed by atoms with Gasteiger partial charge in [0.25, 0.3) is 0 Å². The number of nitrogens with zero attached hydrogens (tertiary/aromatic N) is 4. The average molecular weight is 495 g/mol. The molecule has 2 aromatic heterocycles. The van der Waals surface area contributed by atoms with Crippen LogP contribution in [0.15, 0.2) is 91.4 Å². The number of aromatic nitrogens is 3. The van der Waals surface area contributed by atoms with Crippen LogP contribution in [0, 0.1) is 0 Å². The number of carbonyl (C=O) groups is 1. The van der Waals surface area contributed by atoms with Gasteiger partial charge in [-0.3, -0.25) is 9.78 Å². The van der Waals surface area contributed by atoms with Crippen LogP contribution in [0.25, 0.3) is 23.0 Å². The van der Waals surface area contributed by atoms with E-state index in [-0.39, 0.29) is 12.0 Å². The van der Waals surface area contributed by atoms with E-state index in [0.29, 0.717) is 13.1 Å². The maximum absolute atomic E-state index is 13.5. The number of pyridine rings is 1. The fourth-order valence-electron chi connectivity index (χ4n) is 4.47. The van der Waals surface area contributed by atoms with Crippen LogP contribution in [-0.2, 0) is 16.1 Å². The van der Waals surface area contributed by atoms with Gasteiger partial charge in [-0.05, 0) is 60.9 Å². The highest BCUT2D eigenvalue weighted by Crippen LogP contribution is 2.25. The van der Waals surface area contributed by atoms with Crippen molar-refractivity contribution in [1.82, 2.24) is 19.7 Å². The van der Waals surface area contributed by atoms with E-state index >= 15 is 0 Å². The van der Waals surface area contributed by atoms with Crippen LogP contribution < -0.4 is 4.74 Å². The van der Waals surface area contributed by atoms with Gasteiger partial charge in [-0.25, -0.2) is 4.68 Å². The lowest BCUT2D eigenvalue weighted by Gasteiger charge is -2.24. The second kappa shape index (κ2) is 11.7. The summed E-state index contributed by atoms with van der Waals surface area (Å²) in [5.74, 6) is 0.690. The van der Waals surface area contributed by atoms with Gasteiger partial charge in [-0.1, -0.05) is 30.3 Å². The molecule has 0 unspecified atom stereocenters. The van der Waals surface area contributed by atoms with Gasteiger partial charge in [0, 0.05) is 55.5 Å². The van der Waals surface area contributed by atoms with Gasteiger partial charge in [-0.15, -0.1) is 0 Å². The molecule has 1 atom stereocenters. The molecule has 0 radical (unpaired) electrons.